The zero-order valence-electron chi connectivity index (χ0n) is 17.3. The van der Waals surface area contributed by atoms with Crippen LogP contribution in [0.3, 0.4) is 0 Å². The van der Waals surface area contributed by atoms with Crippen molar-refractivity contribution in [2.24, 2.45) is 0 Å². The van der Waals surface area contributed by atoms with Crippen molar-refractivity contribution in [1.82, 2.24) is 10.2 Å². The topological polar surface area (TPSA) is 77.5 Å². The van der Waals surface area contributed by atoms with E-state index in [1.54, 1.807) is 25.1 Å². The summed E-state index contributed by atoms with van der Waals surface area (Å²) in [5.41, 5.74) is -0.504. The van der Waals surface area contributed by atoms with Gasteiger partial charge in [-0.05, 0) is 31.4 Å². The lowest BCUT2D eigenvalue weighted by atomic mass is 9.85. The first kappa shape index (κ1) is 22.4. The van der Waals surface area contributed by atoms with Gasteiger partial charge in [-0.15, -0.1) is 0 Å². The highest BCUT2D eigenvalue weighted by molar-refractivity contribution is 6.34. The van der Waals surface area contributed by atoms with Crippen LogP contribution >= 0.6 is 11.6 Å². The van der Waals surface area contributed by atoms with Crippen LogP contribution in [0.4, 0.5) is 24.5 Å². The van der Waals surface area contributed by atoms with Gasteiger partial charge in [-0.1, -0.05) is 23.7 Å². The Hall–Kier alpha value is -2.78. The summed E-state index contributed by atoms with van der Waals surface area (Å²) in [6, 6.07) is 5.96. The van der Waals surface area contributed by atoms with Gasteiger partial charge in [-0.3, -0.25) is 15.1 Å². The predicted octanol–water partition coefficient (Wildman–Crippen LogP) is 4.65. The van der Waals surface area contributed by atoms with E-state index >= 15 is 0 Å². The number of guanidine groups is 1. The molecular weight excluding hydrogens is 445 g/mol. The molecule has 2 aromatic carbocycles. The first-order valence-corrected chi connectivity index (χ1v) is 10.5. The lowest BCUT2D eigenvalue weighted by Crippen LogP contribution is -2.62. The smallest absolute Gasteiger partial charge is 0.232 e. The van der Waals surface area contributed by atoms with Gasteiger partial charge in [0.1, 0.15) is 5.82 Å². The monoisotopic (exact) mass is 466 g/mol. The van der Waals surface area contributed by atoms with Crippen LogP contribution in [-0.2, 0) is 15.1 Å². The van der Waals surface area contributed by atoms with Crippen molar-refractivity contribution < 1.29 is 22.7 Å². The average Bonchev–Trinajstić information content (AvgIpc) is 2.73. The van der Waals surface area contributed by atoms with E-state index < -0.39 is 23.0 Å². The summed E-state index contributed by atoms with van der Waals surface area (Å²) in [6.45, 7) is 2.84. The van der Waals surface area contributed by atoms with E-state index in [1.165, 1.54) is 4.90 Å². The van der Waals surface area contributed by atoms with Crippen molar-refractivity contribution in [3.63, 3.8) is 0 Å². The number of halogens is 4. The normalized spacial score (nSPS) is 22.1. The van der Waals surface area contributed by atoms with Crippen LogP contribution in [0.2, 0.25) is 5.02 Å². The number of benzene rings is 2. The molecule has 0 spiro atoms. The molecule has 0 bridgehead atoms. The number of ether oxygens (including phenoxy) is 1. The van der Waals surface area contributed by atoms with Gasteiger partial charge in [0, 0.05) is 31.4 Å². The van der Waals surface area contributed by atoms with Crippen LogP contribution in [0.25, 0.3) is 0 Å². The van der Waals surface area contributed by atoms with Crippen molar-refractivity contribution in [3.8, 4) is 0 Å². The Kier molecular flexibility index (Phi) is 6.05. The average molecular weight is 467 g/mol. The number of carbonyl (C=O) groups is 1. The summed E-state index contributed by atoms with van der Waals surface area (Å²) in [4.78, 5) is 14.5. The maximum absolute atomic E-state index is 14.1. The Morgan fingerprint density at radius 1 is 1.16 bits per heavy atom. The highest BCUT2D eigenvalue weighted by Gasteiger charge is 2.43. The Balaban J connectivity index is 1.61. The second-order valence-corrected chi connectivity index (χ2v) is 8.51. The summed E-state index contributed by atoms with van der Waals surface area (Å²) >= 11 is 6.58. The molecule has 0 aromatic heterocycles. The molecule has 32 heavy (non-hydrogen) atoms. The highest BCUT2D eigenvalue weighted by atomic mass is 35.5. The minimum absolute atomic E-state index is 0.0169. The lowest BCUT2D eigenvalue weighted by molar-refractivity contribution is -0.133. The van der Waals surface area contributed by atoms with Gasteiger partial charge in [-0.25, -0.2) is 13.2 Å². The van der Waals surface area contributed by atoms with E-state index in [0.29, 0.717) is 43.8 Å². The van der Waals surface area contributed by atoms with Gasteiger partial charge in [0.2, 0.25) is 5.91 Å². The Labute approximate surface area is 188 Å². The van der Waals surface area contributed by atoms with E-state index in [0.717, 1.165) is 0 Å². The molecule has 170 valence electrons. The molecule has 2 aromatic rings. The first-order chi connectivity index (χ1) is 15.2. The molecule has 0 unspecified atom stereocenters. The standard InChI is InChI=1S/C22H22ClF3N4O2/c1-22(11-19(31)30(21(27)29-22)12-5-7-32-8-6-12)13-3-2-4-17(20(13)23)28-18-10-15(25)14(24)9-16(18)26/h2-4,9-10,12,28H,5-8,11H2,1H3,(H2,27,29)/t22-/m0/s1. The molecule has 0 radical (unpaired) electrons. The molecule has 4 rings (SSSR count). The number of hydrogen-bond donors (Lipinski definition) is 3. The quantitative estimate of drug-likeness (QED) is 0.573. The fourth-order valence-corrected chi connectivity index (χ4v) is 4.57. The van der Waals surface area contributed by atoms with Gasteiger partial charge in [0.05, 0.1) is 28.4 Å². The minimum atomic E-state index is -1.29. The fourth-order valence-electron chi connectivity index (χ4n) is 4.19. The van der Waals surface area contributed by atoms with E-state index in [1.807, 2.05) is 0 Å². The number of hydrogen-bond acceptors (Lipinski definition) is 4. The van der Waals surface area contributed by atoms with E-state index in [-0.39, 0.29) is 40.7 Å². The molecule has 2 heterocycles. The van der Waals surface area contributed by atoms with Gasteiger partial charge in [-0.2, -0.15) is 0 Å². The Bertz CT molecular complexity index is 1060. The lowest BCUT2D eigenvalue weighted by Gasteiger charge is -2.45. The summed E-state index contributed by atoms with van der Waals surface area (Å²) in [5, 5.41) is 14.4. The predicted molar refractivity (Wildman–Crippen MR) is 115 cm³/mol. The van der Waals surface area contributed by atoms with Gasteiger partial charge >= 0.3 is 0 Å². The Morgan fingerprint density at radius 2 is 1.84 bits per heavy atom. The van der Waals surface area contributed by atoms with Crippen LogP contribution in [-0.4, -0.2) is 36.0 Å². The SMILES string of the molecule is C[C@@]1(c2cccc(Nc3cc(F)c(F)cc3F)c2Cl)CC(=O)N(C2CCOCC2)C(=N)N1. The number of nitrogens with zero attached hydrogens (tertiary/aromatic N) is 1. The van der Waals surface area contributed by atoms with Crippen LogP contribution in [0.15, 0.2) is 30.3 Å². The van der Waals surface area contributed by atoms with Crippen molar-refractivity contribution in [3.05, 3.63) is 58.4 Å². The molecule has 2 fully saturated rings. The Morgan fingerprint density at radius 3 is 2.53 bits per heavy atom. The van der Waals surface area contributed by atoms with Gasteiger partial charge in [0.15, 0.2) is 17.6 Å². The second kappa shape index (κ2) is 8.63. The third kappa shape index (κ3) is 4.14. The molecule has 2 aliphatic rings. The van der Waals surface area contributed by atoms with Crippen molar-refractivity contribution in [1.29, 1.82) is 5.41 Å². The molecule has 6 nitrogen and oxygen atoms in total. The van der Waals surface area contributed by atoms with Gasteiger partial charge in [0.25, 0.3) is 0 Å². The molecule has 1 amide bonds. The molecule has 3 N–H and O–H groups in total. The van der Waals surface area contributed by atoms with Crippen LogP contribution < -0.4 is 10.6 Å². The number of rotatable bonds is 4. The molecule has 2 saturated heterocycles. The zero-order valence-corrected chi connectivity index (χ0v) is 18.0. The summed E-state index contributed by atoms with van der Waals surface area (Å²) in [5.74, 6) is -3.69. The van der Waals surface area contributed by atoms with Gasteiger partial charge < -0.3 is 15.4 Å². The first-order valence-electron chi connectivity index (χ1n) is 10.2. The number of amides is 1. The number of nitrogens with one attached hydrogen (secondary N) is 3. The third-order valence-electron chi connectivity index (χ3n) is 5.84. The molecular formula is C22H22ClF3N4O2. The third-order valence-corrected chi connectivity index (χ3v) is 6.24. The van der Waals surface area contributed by atoms with Crippen molar-refractivity contribution >= 4 is 34.8 Å². The summed E-state index contributed by atoms with van der Waals surface area (Å²) < 4.78 is 46.2. The van der Waals surface area contributed by atoms with Crippen molar-refractivity contribution in [2.45, 2.75) is 37.8 Å². The van der Waals surface area contributed by atoms with Crippen LogP contribution in [0.1, 0.15) is 31.7 Å². The maximum Gasteiger partial charge on any atom is 0.232 e. The van der Waals surface area contributed by atoms with E-state index in [2.05, 4.69) is 10.6 Å². The zero-order chi connectivity index (χ0) is 23.0. The van der Waals surface area contributed by atoms with E-state index in [9.17, 15) is 18.0 Å². The van der Waals surface area contributed by atoms with Crippen molar-refractivity contribution in [2.75, 3.05) is 18.5 Å². The molecule has 0 saturated carbocycles. The molecule has 10 heteroatoms. The molecule has 1 atom stereocenters. The van der Waals surface area contributed by atoms with Crippen LogP contribution in [0.5, 0.6) is 0 Å². The molecule has 0 aliphatic carbocycles. The summed E-state index contributed by atoms with van der Waals surface area (Å²) in [7, 11) is 0. The second-order valence-electron chi connectivity index (χ2n) is 8.13. The number of anilines is 2. The summed E-state index contributed by atoms with van der Waals surface area (Å²) in [6.07, 6.45) is 1.37. The number of carbonyl (C=O) groups excluding carboxylic acids is 1. The van der Waals surface area contributed by atoms with Crippen LogP contribution in [0, 0.1) is 22.9 Å². The fraction of sp³-hybridized carbons (Fsp3) is 0.364. The maximum atomic E-state index is 14.1. The largest absolute Gasteiger partial charge is 0.381 e. The molecule has 2 aliphatic heterocycles. The van der Waals surface area contributed by atoms with E-state index in [4.69, 9.17) is 21.7 Å². The minimum Gasteiger partial charge on any atom is -0.381 e. The highest BCUT2D eigenvalue weighted by Crippen LogP contribution is 2.39.